The third-order valence-corrected chi connectivity index (χ3v) is 3.81. The minimum Gasteiger partial charge on any atom is -0.378 e. The summed E-state index contributed by atoms with van der Waals surface area (Å²) in [7, 11) is 0. The number of aromatic nitrogens is 2. The molecular formula is C17H20N4O2. The molecule has 0 unspecified atom stereocenters. The molecule has 1 aromatic heterocycles. The molecule has 0 spiro atoms. The van der Waals surface area contributed by atoms with E-state index >= 15 is 0 Å². The van der Waals surface area contributed by atoms with E-state index in [2.05, 4.69) is 21.4 Å². The Hall–Kier alpha value is -2.47. The van der Waals surface area contributed by atoms with E-state index in [4.69, 9.17) is 4.74 Å². The van der Waals surface area contributed by atoms with Crippen molar-refractivity contribution in [3.8, 4) is 0 Å². The van der Waals surface area contributed by atoms with Crippen molar-refractivity contribution >= 4 is 17.5 Å². The van der Waals surface area contributed by atoms with E-state index in [0.717, 1.165) is 16.8 Å². The van der Waals surface area contributed by atoms with E-state index < -0.39 is 0 Å². The monoisotopic (exact) mass is 312 g/mol. The normalized spacial score (nSPS) is 14.6. The molecule has 1 amide bonds. The van der Waals surface area contributed by atoms with Crippen LogP contribution in [0.2, 0.25) is 0 Å². The molecule has 120 valence electrons. The number of hydrogen-bond donors (Lipinski definition) is 1. The molecule has 0 aliphatic carbocycles. The van der Waals surface area contributed by atoms with Crippen LogP contribution in [-0.2, 0) is 4.74 Å². The number of anilines is 2. The van der Waals surface area contributed by atoms with E-state index in [1.54, 1.807) is 17.2 Å². The van der Waals surface area contributed by atoms with E-state index in [1.807, 2.05) is 26.0 Å². The van der Waals surface area contributed by atoms with Gasteiger partial charge in [0.2, 0.25) is 5.95 Å². The summed E-state index contributed by atoms with van der Waals surface area (Å²) in [6.45, 7) is 6.40. The van der Waals surface area contributed by atoms with Crippen LogP contribution in [0.3, 0.4) is 0 Å². The van der Waals surface area contributed by atoms with Crippen molar-refractivity contribution in [2.24, 2.45) is 0 Å². The number of hydrogen-bond acceptors (Lipinski definition) is 5. The second-order valence-corrected chi connectivity index (χ2v) is 5.61. The van der Waals surface area contributed by atoms with Gasteiger partial charge in [-0.2, -0.15) is 0 Å². The van der Waals surface area contributed by atoms with Gasteiger partial charge in [-0.3, -0.25) is 4.79 Å². The summed E-state index contributed by atoms with van der Waals surface area (Å²) in [6, 6.07) is 7.78. The maximum absolute atomic E-state index is 12.5. The average Bonchev–Trinajstić information content (AvgIpc) is 2.58. The van der Waals surface area contributed by atoms with Crippen LogP contribution in [0.1, 0.15) is 21.6 Å². The van der Waals surface area contributed by atoms with Gasteiger partial charge in [0.1, 0.15) is 5.69 Å². The van der Waals surface area contributed by atoms with Crippen molar-refractivity contribution in [2.45, 2.75) is 13.8 Å². The van der Waals surface area contributed by atoms with E-state index in [-0.39, 0.29) is 5.91 Å². The van der Waals surface area contributed by atoms with Gasteiger partial charge in [-0.25, -0.2) is 9.97 Å². The SMILES string of the molecule is Cc1ccc(C)c(Nc2nccc(C(=O)N3CCOCC3)n2)c1. The molecule has 1 fully saturated rings. The Labute approximate surface area is 135 Å². The number of nitrogens with zero attached hydrogens (tertiary/aromatic N) is 3. The van der Waals surface area contributed by atoms with Crippen LogP contribution in [0.15, 0.2) is 30.5 Å². The van der Waals surface area contributed by atoms with Gasteiger partial charge in [-0.1, -0.05) is 12.1 Å². The Kier molecular flexibility index (Phi) is 4.52. The molecule has 6 heteroatoms. The Bertz CT molecular complexity index is 711. The molecule has 0 radical (unpaired) electrons. The van der Waals surface area contributed by atoms with E-state index in [0.29, 0.717) is 37.9 Å². The van der Waals surface area contributed by atoms with Gasteiger partial charge in [0, 0.05) is 25.0 Å². The summed E-state index contributed by atoms with van der Waals surface area (Å²) in [5.41, 5.74) is 3.60. The van der Waals surface area contributed by atoms with Gasteiger partial charge in [0.25, 0.3) is 5.91 Å². The van der Waals surface area contributed by atoms with Crippen LogP contribution < -0.4 is 5.32 Å². The molecule has 1 saturated heterocycles. The van der Waals surface area contributed by atoms with Gasteiger partial charge in [0.15, 0.2) is 0 Å². The number of carbonyl (C=O) groups excluding carboxylic acids is 1. The van der Waals surface area contributed by atoms with Gasteiger partial charge in [0.05, 0.1) is 13.2 Å². The number of morpholine rings is 1. The third-order valence-electron chi connectivity index (χ3n) is 3.81. The molecular weight excluding hydrogens is 292 g/mol. The maximum Gasteiger partial charge on any atom is 0.272 e. The molecule has 2 heterocycles. The number of nitrogens with one attached hydrogen (secondary N) is 1. The molecule has 1 aromatic carbocycles. The number of amides is 1. The summed E-state index contributed by atoms with van der Waals surface area (Å²) >= 11 is 0. The van der Waals surface area contributed by atoms with Gasteiger partial charge in [-0.15, -0.1) is 0 Å². The third kappa shape index (κ3) is 3.65. The second kappa shape index (κ2) is 6.75. The topological polar surface area (TPSA) is 67.4 Å². The minimum absolute atomic E-state index is 0.0836. The Balaban J connectivity index is 1.79. The Morgan fingerprint density at radius 1 is 1.22 bits per heavy atom. The second-order valence-electron chi connectivity index (χ2n) is 5.61. The van der Waals surface area contributed by atoms with Crippen LogP contribution >= 0.6 is 0 Å². The summed E-state index contributed by atoms with van der Waals surface area (Å²) in [6.07, 6.45) is 1.61. The fourth-order valence-electron chi connectivity index (χ4n) is 2.46. The van der Waals surface area contributed by atoms with Crippen molar-refractivity contribution in [1.82, 2.24) is 14.9 Å². The van der Waals surface area contributed by atoms with Gasteiger partial charge in [-0.05, 0) is 37.1 Å². The molecule has 6 nitrogen and oxygen atoms in total. The fourth-order valence-corrected chi connectivity index (χ4v) is 2.46. The zero-order valence-corrected chi connectivity index (χ0v) is 13.4. The number of ether oxygens (including phenoxy) is 1. The van der Waals surface area contributed by atoms with Crippen LogP contribution in [0.4, 0.5) is 11.6 Å². The standard InChI is InChI=1S/C17H20N4O2/c1-12-3-4-13(2)15(11-12)20-17-18-6-5-14(19-17)16(22)21-7-9-23-10-8-21/h3-6,11H,7-10H2,1-2H3,(H,18,19,20). The molecule has 2 aromatic rings. The average molecular weight is 312 g/mol. The first-order valence-corrected chi connectivity index (χ1v) is 7.68. The molecule has 1 N–H and O–H groups in total. The lowest BCUT2D eigenvalue weighted by Gasteiger charge is -2.26. The Morgan fingerprint density at radius 2 is 2.00 bits per heavy atom. The molecule has 0 atom stereocenters. The number of carbonyl (C=O) groups is 1. The van der Waals surface area contributed by atoms with Crippen molar-refractivity contribution in [3.63, 3.8) is 0 Å². The molecule has 0 saturated carbocycles. The summed E-state index contributed by atoms with van der Waals surface area (Å²) in [4.78, 5) is 22.8. The zero-order valence-electron chi connectivity index (χ0n) is 13.4. The van der Waals surface area contributed by atoms with Crippen LogP contribution in [0.25, 0.3) is 0 Å². The fraction of sp³-hybridized carbons (Fsp3) is 0.353. The smallest absolute Gasteiger partial charge is 0.272 e. The largest absolute Gasteiger partial charge is 0.378 e. The first-order valence-electron chi connectivity index (χ1n) is 7.68. The number of benzene rings is 1. The van der Waals surface area contributed by atoms with Crippen molar-refractivity contribution < 1.29 is 9.53 Å². The van der Waals surface area contributed by atoms with Crippen molar-refractivity contribution in [2.75, 3.05) is 31.6 Å². The highest BCUT2D eigenvalue weighted by molar-refractivity contribution is 5.92. The summed E-state index contributed by atoms with van der Waals surface area (Å²) in [5.74, 6) is 0.345. The van der Waals surface area contributed by atoms with E-state index in [9.17, 15) is 4.79 Å². The van der Waals surface area contributed by atoms with Gasteiger partial charge >= 0.3 is 0 Å². The van der Waals surface area contributed by atoms with Crippen LogP contribution in [0, 0.1) is 13.8 Å². The number of aryl methyl sites for hydroxylation is 2. The Morgan fingerprint density at radius 3 is 2.78 bits per heavy atom. The summed E-state index contributed by atoms with van der Waals surface area (Å²) in [5, 5.41) is 3.19. The lowest BCUT2D eigenvalue weighted by molar-refractivity contribution is 0.0299. The van der Waals surface area contributed by atoms with Crippen molar-refractivity contribution in [3.05, 3.63) is 47.3 Å². The minimum atomic E-state index is -0.0836. The lowest BCUT2D eigenvalue weighted by atomic mass is 10.1. The first-order chi connectivity index (χ1) is 11.1. The van der Waals surface area contributed by atoms with Crippen molar-refractivity contribution in [1.29, 1.82) is 0 Å². The molecule has 3 rings (SSSR count). The summed E-state index contributed by atoms with van der Waals surface area (Å²) < 4.78 is 5.27. The quantitative estimate of drug-likeness (QED) is 0.942. The maximum atomic E-state index is 12.5. The highest BCUT2D eigenvalue weighted by atomic mass is 16.5. The highest BCUT2D eigenvalue weighted by Crippen LogP contribution is 2.19. The first kappa shape index (κ1) is 15.4. The number of rotatable bonds is 3. The van der Waals surface area contributed by atoms with Gasteiger partial charge < -0.3 is 15.0 Å². The van der Waals surface area contributed by atoms with Crippen LogP contribution in [0.5, 0.6) is 0 Å². The lowest BCUT2D eigenvalue weighted by Crippen LogP contribution is -2.41. The van der Waals surface area contributed by atoms with E-state index in [1.165, 1.54) is 0 Å². The predicted octanol–water partition coefficient (Wildman–Crippen LogP) is 2.31. The molecule has 1 aliphatic heterocycles. The predicted molar refractivity (Wildman–Crippen MR) is 88.0 cm³/mol. The molecule has 0 bridgehead atoms. The highest BCUT2D eigenvalue weighted by Gasteiger charge is 2.20. The molecule has 1 aliphatic rings. The molecule has 23 heavy (non-hydrogen) atoms. The van der Waals surface area contributed by atoms with Crippen LogP contribution in [-0.4, -0.2) is 47.1 Å². The zero-order chi connectivity index (χ0) is 16.2.